The molecule has 1 saturated carbocycles. The third-order valence-corrected chi connectivity index (χ3v) is 4.60. The molecule has 1 aliphatic rings. The van der Waals surface area contributed by atoms with Gasteiger partial charge in [-0.05, 0) is 39.0 Å². The van der Waals surface area contributed by atoms with Crippen LogP contribution >= 0.6 is 11.6 Å². The second-order valence-corrected chi connectivity index (χ2v) is 5.99. The summed E-state index contributed by atoms with van der Waals surface area (Å²) in [4.78, 5) is 0. The number of nitrogens with one attached hydrogen (secondary N) is 1. The van der Waals surface area contributed by atoms with E-state index in [1.807, 2.05) is 11.6 Å². The fourth-order valence-corrected chi connectivity index (χ4v) is 3.23. The fourth-order valence-electron chi connectivity index (χ4n) is 2.89. The lowest BCUT2D eigenvalue weighted by Crippen LogP contribution is -2.48. The number of nitrogens with two attached hydrogens (primary N) is 1. The average molecular weight is 315 g/mol. The summed E-state index contributed by atoms with van der Waals surface area (Å²) in [5.74, 6) is 6.41. The average Bonchev–Trinajstić information content (AvgIpc) is 3.28. The van der Waals surface area contributed by atoms with Gasteiger partial charge in [0.05, 0.1) is 28.6 Å². The molecule has 2 rings (SSSR count). The van der Waals surface area contributed by atoms with Crippen molar-refractivity contribution in [2.75, 3.05) is 6.61 Å². The van der Waals surface area contributed by atoms with Crippen LogP contribution in [0.2, 0.25) is 5.02 Å². The Kier molecular flexibility index (Phi) is 6.05. The first-order chi connectivity index (χ1) is 10.2. The van der Waals surface area contributed by atoms with Crippen molar-refractivity contribution in [3.05, 3.63) is 16.4 Å². The van der Waals surface area contributed by atoms with Gasteiger partial charge in [-0.1, -0.05) is 18.5 Å². The lowest BCUT2D eigenvalue weighted by molar-refractivity contribution is 0.0187. The second kappa shape index (κ2) is 7.58. The number of aryl methyl sites for hydroxylation is 2. The second-order valence-electron chi connectivity index (χ2n) is 5.61. The third-order valence-electron chi connectivity index (χ3n) is 4.16. The molecule has 0 aromatic carbocycles. The van der Waals surface area contributed by atoms with Gasteiger partial charge in [-0.15, -0.1) is 0 Å². The molecular formula is C15H27ClN4O. The molecule has 1 aromatic rings. The van der Waals surface area contributed by atoms with Gasteiger partial charge < -0.3 is 4.74 Å². The first-order valence-corrected chi connectivity index (χ1v) is 8.35. The van der Waals surface area contributed by atoms with Gasteiger partial charge in [0.25, 0.3) is 0 Å². The molecule has 0 bridgehead atoms. The predicted octanol–water partition coefficient (Wildman–Crippen LogP) is 2.31. The number of hydrogen-bond acceptors (Lipinski definition) is 4. The molecule has 0 radical (unpaired) electrons. The predicted molar refractivity (Wildman–Crippen MR) is 85.2 cm³/mol. The Morgan fingerprint density at radius 2 is 2.14 bits per heavy atom. The van der Waals surface area contributed by atoms with Gasteiger partial charge in [0.2, 0.25) is 0 Å². The number of nitrogens with zero attached hydrogens (tertiary/aromatic N) is 2. The summed E-state index contributed by atoms with van der Waals surface area (Å²) >= 11 is 6.49. The van der Waals surface area contributed by atoms with E-state index in [0.29, 0.717) is 12.5 Å². The van der Waals surface area contributed by atoms with Crippen molar-refractivity contribution in [3.63, 3.8) is 0 Å². The Morgan fingerprint density at radius 3 is 2.62 bits per heavy atom. The molecule has 0 aliphatic heterocycles. The Morgan fingerprint density at radius 1 is 1.43 bits per heavy atom. The van der Waals surface area contributed by atoms with Gasteiger partial charge in [-0.25, -0.2) is 0 Å². The maximum atomic E-state index is 6.49. The van der Waals surface area contributed by atoms with E-state index in [-0.39, 0.29) is 12.1 Å². The number of hydrogen-bond donors (Lipinski definition) is 2. The molecule has 0 amide bonds. The molecule has 1 heterocycles. The van der Waals surface area contributed by atoms with Crippen molar-refractivity contribution in [3.8, 4) is 0 Å². The highest BCUT2D eigenvalue weighted by molar-refractivity contribution is 6.31. The third kappa shape index (κ3) is 3.77. The smallest absolute Gasteiger partial charge is 0.0850 e. The zero-order chi connectivity index (χ0) is 15.4. The Labute approximate surface area is 132 Å². The number of hydrazine groups is 1. The Bertz CT molecular complexity index is 459. The highest BCUT2D eigenvalue weighted by Gasteiger charge is 2.37. The molecule has 6 heteroatoms. The first-order valence-electron chi connectivity index (χ1n) is 7.97. The molecule has 1 aliphatic carbocycles. The van der Waals surface area contributed by atoms with Crippen molar-refractivity contribution in [2.24, 2.45) is 11.8 Å². The number of halogens is 1. The number of rotatable bonds is 9. The van der Waals surface area contributed by atoms with Crippen LogP contribution in [0.5, 0.6) is 0 Å². The lowest BCUT2D eigenvalue weighted by Gasteiger charge is -2.26. The molecule has 2 unspecified atom stereocenters. The van der Waals surface area contributed by atoms with Gasteiger partial charge in [0.15, 0.2) is 0 Å². The monoisotopic (exact) mass is 314 g/mol. The minimum absolute atomic E-state index is 0.0710. The summed E-state index contributed by atoms with van der Waals surface area (Å²) in [6, 6.07) is 0.0710. The Balaban J connectivity index is 2.19. The fraction of sp³-hybridized carbons (Fsp3) is 0.800. The minimum Gasteiger partial charge on any atom is -0.377 e. The summed E-state index contributed by atoms with van der Waals surface area (Å²) in [7, 11) is 0. The van der Waals surface area contributed by atoms with Crippen LogP contribution in [0, 0.1) is 5.92 Å². The summed E-state index contributed by atoms with van der Waals surface area (Å²) in [5, 5.41) is 5.36. The highest BCUT2D eigenvalue weighted by atomic mass is 35.5. The standard InChI is InChI=1S/C15H27ClN4O/c1-4-11-14(16)13(20(5-2)19-11)9-12(18-17)15(21-6-3)10-7-8-10/h10,12,15,18H,4-9,17H2,1-3H3. The van der Waals surface area contributed by atoms with Crippen LogP contribution in [0.1, 0.15) is 45.0 Å². The summed E-state index contributed by atoms with van der Waals surface area (Å²) in [6.07, 6.45) is 4.20. The molecule has 120 valence electrons. The molecule has 0 saturated heterocycles. The largest absolute Gasteiger partial charge is 0.377 e. The number of aromatic nitrogens is 2. The molecular weight excluding hydrogens is 288 g/mol. The van der Waals surface area contributed by atoms with E-state index in [2.05, 4.69) is 24.4 Å². The van der Waals surface area contributed by atoms with E-state index in [9.17, 15) is 0 Å². The van der Waals surface area contributed by atoms with E-state index in [0.717, 1.165) is 35.8 Å². The summed E-state index contributed by atoms with van der Waals surface area (Å²) in [5.41, 5.74) is 4.96. The van der Waals surface area contributed by atoms with E-state index in [1.165, 1.54) is 12.8 Å². The Hall–Kier alpha value is -0.620. The zero-order valence-electron chi connectivity index (χ0n) is 13.2. The van der Waals surface area contributed by atoms with Crippen LogP contribution in [0.15, 0.2) is 0 Å². The minimum atomic E-state index is 0.0710. The van der Waals surface area contributed by atoms with Crippen molar-refractivity contribution in [2.45, 2.75) is 65.1 Å². The van der Waals surface area contributed by atoms with E-state index >= 15 is 0 Å². The van der Waals surface area contributed by atoms with Crippen molar-refractivity contribution < 1.29 is 4.74 Å². The SMILES string of the molecule is CCOC(C1CC1)C(Cc1c(Cl)c(CC)nn1CC)NN. The van der Waals surface area contributed by atoms with E-state index in [4.69, 9.17) is 22.2 Å². The molecule has 2 atom stereocenters. The van der Waals surface area contributed by atoms with Crippen molar-refractivity contribution >= 4 is 11.6 Å². The normalized spacial score (nSPS) is 18.0. The van der Waals surface area contributed by atoms with Gasteiger partial charge >= 0.3 is 0 Å². The maximum absolute atomic E-state index is 6.49. The van der Waals surface area contributed by atoms with E-state index < -0.39 is 0 Å². The van der Waals surface area contributed by atoms with Crippen LogP contribution < -0.4 is 11.3 Å². The summed E-state index contributed by atoms with van der Waals surface area (Å²) in [6.45, 7) is 7.71. The van der Waals surface area contributed by atoms with Crippen molar-refractivity contribution in [1.82, 2.24) is 15.2 Å². The summed E-state index contributed by atoms with van der Waals surface area (Å²) < 4.78 is 7.91. The lowest BCUT2D eigenvalue weighted by atomic mass is 10.0. The molecule has 0 spiro atoms. The van der Waals surface area contributed by atoms with Gasteiger partial charge in [0.1, 0.15) is 0 Å². The topological polar surface area (TPSA) is 65.1 Å². The molecule has 21 heavy (non-hydrogen) atoms. The maximum Gasteiger partial charge on any atom is 0.0850 e. The van der Waals surface area contributed by atoms with Gasteiger partial charge in [-0.2, -0.15) is 5.10 Å². The first kappa shape index (κ1) is 16.7. The van der Waals surface area contributed by atoms with Crippen LogP contribution in [0.3, 0.4) is 0 Å². The quantitative estimate of drug-likeness (QED) is 0.542. The molecule has 1 fully saturated rings. The zero-order valence-corrected chi connectivity index (χ0v) is 14.0. The molecule has 5 nitrogen and oxygen atoms in total. The highest BCUT2D eigenvalue weighted by Crippen LogP contribution is 2.37. The molecule has 3 N–H and O–H groups in total. The van der Waals surface area contributed by atoms with Crippen LogP contribution in [0.25, 0.3) is 0 Å². The van der Waals surface area contributed by atoms with Crippen LogP contribution in [-0.4, -0.2) is 28.5 Å². The van der Waals surface area contributed by atoms with Crippen LogP contribution in [0.4, 0.5) is 0 Å². The van der Waals surface area contributed by atoms with Crippen LogP contribution in [-0.2, 0) is 24.1 Å². The van der Waals surface area contributed by atoms with E-state index in [1.54, 1.807) is 0 Å². The van der Waals surface area contributed by atoms with Crippen molar-refractivity contribution in [1.29, 1.82) is 0 Å². The molecule has 1 aromatic heterocycles. The number of ether oxygens (including phenoxy) is 1. The van der Waals surface area contributed by atoms with Gasteiger partial charge in [-0.3, -0.25) is 16.0 Å². The van der Waals surface area contributed by atoms with Gasteiger partial charge in [0, 0.05) is 19.6 Å².